The molecule has 0 aromatic heterocycles. The van der Waals surface area contributed by atoms with E-state index in [1.165, 1.54) is 6.21 Å². The van der Waals surface area contributed by atoms with E-state index in [-0.39, 0.29) is 11.8 Å². The number of hydrazone groups is 1. The van der Waals surface area contributed by atoms with Gasteiger partial charge in [0, 0.05) is 12.5 Å². The minimum absolute atomic E-state index is 0.200. The minimum Gasteiger partial charge on any atom is -0.496 e. The molecule has 1 aliphatic heterocycles. The molecule has 3 rings (SSSR count). The van der Waals surface area contributed by atoms with Crippen molar-refractivity contribution in [2.24, 2.45) is 11.0 Å². The highest BCUT2D eigenvalue weighted by Gasteiger charge is 2.40. The van der Waals surface area contributed by atoms with Crippen molar-refractivity contribution >= 4 is 34.0 Å². The van der Waals surface area contributed by atoms with Gasteiger partial charge in [-0.3, -0.25) is 9.59 Å². The number of benzene rings is 2. The summed E-state index contributed by atoms with van der Waals surface area (Å²) in [7, 11) is 1.59. The molecule has 0 radical (unpaired) electrons. The number of halogens is 1. The maximum absolute atomic E-state index is 12.5. The van der Waals surface area contributed by atoms with Crippen LogP contribution in [0.5, 0.6) is 5.75 Å². The highest BCUT2D eigenvalue weighted by atomic mass is 79.9. The Labute approximate surface area is 159 Å². The Morgan fingerprint density at radius 3 is 2.77 bits per heavy atom. The summed E-state index contributed by atoms with van der Waals surface area (Å²) in [5, 5.41) is 6.73. The third kappa shape index (κ3) is 3.94. The average Bonchev–Trinajstić information content (AvgIpc) is 3.04. The molecule has 0 unspecified atom stereocenters. The third-order valence-corrected chi connectivity index (χ3v) is 4.88. The van der Waals surface area contributed by atoms with Gasteiger partial charge in [-0.2, -0.15) is 5.10 Å². The summed E-state index contributed by atoms with van der Waals surface area (Å²) < 4.78 is 5.96. The molecule has 2 aromatic carbocycles. The van der Waals surface area contributed by atoms with E-state index in [4.69, 9.17) is 4.74 Å². The van der Waals surface area contributed by atoms with Gasteiger partial charge in [0.25, 0.3) is 5.91 Å². The average molecular weight is 416 g/mol. The summed E-state index contributed by atoms with van der Waals surface area (Å²) >= 11 is 3.40. The van der Waals surface area contributed by atoms with E-state index in [0.717, 1.165) is 15.6 Å². The van der Waals surface area contributed by atoms with Crippen LogP contribution in [0.4, 0.5) is 0 Å². The molecule has 1 aliphatic rings. The van der Waals surface area contributed by atoms with Crippen LogP contribution in [0, 0.1) is 5.92 Å². The fraction of sp³-hybridized carbons (Fsp3) is 0.211. The van der Waals surface area contributed by atoms with Gasteiger partial charge in [0.1, 0.15) is 11.7 Å². The van der Waals surface area contributed by atoms with Crippen molar-refractivity contribution < 1.29 is 14.3 Å². The fourth-order valence-electron chi connectivity index (χ4n) is 2.94. The molecule has 1 saturated heterocycles. The Kier molecular flexibility index (Phi) is 5.68. The molecule has 26 heavy (non-hydrogen) atoms. The molecule has 2 N–H and O–H groups in total. The van der Waals surface area contributed by atoms with Crippen molar-refractivity contribution in [3.63, 3.8) is 0 Å². The van der Waals surface area contributed by atoms with Gasteiger partial charge in [-0.05, 0) is 45.3 Å². The Hall–Kier alpha value is -2.67. The van der Waals surface area contributed by atoms with Gasteiger partial charge in [0.2, 0.25) is 5.91 Å². The fourth-order valence-corrected chi connectivity index (χ4v) is 3.49. The van der Waals surface area contributed by atoms with Gasteiger partial charge in [-0.1, -0.05) is 30.3 Å². The molecule has 7 heteroatoms. The van der Waals surface area contributed by atoms with E-state index < -0.39 is 11.8 Å². The lowest BCUT2D eigenvalue weighted by atomic mass is 9.88. The van der Waals surface area contributed by atoms with Gasteiger partial charge in [0.05, 0.1) is 17.8 Å². The molecule has 0 aliphatic carbocycles. The number of amides is 2. The number of carbonyl (C=O) groups excluding carboxylic acids is 2. The molecule has 2 atom stereocenters. The summed E-state index contributed by atoms with van der Waals surface area (Å²) in [5.41, 5.74) is 4.21. The zero-order valence-corrected chi connectivity index (χ0v) is 15.7. The molecule has 6 nitrogen and oxygen atoms in total. The van der Waals surface area contributed by atoms with Crippen LogP contribution in [0.15, 0.2) is 58.1 Å². The second kappa shape index (κ2) is 8.14. The Bertz CT molecular complexity index is 839. The van der Waals surface area contributed by atoms with Crippen LogP contribution in [0.25, 0.3) is 0 Å². The first-order valence-electron chi connectivity index (χ1n) is 8.09. The summed E-state index contributed by atoms with van der Waals surface area (Å²) in [6.07, 6.45) is 1.52. The Morgan fingerprint density at radius 1 is 1.31 bits per heavy atom. The van der Waals surface area contributed by atoms with Crippen LogP contribution in [-0.2, 0) is 9.59 Å². The van der Waals surface area contributed by atoms with E-state index in [1.807, 2.05) is 42.5 Å². The first kappa shape index (κ1) is 18.1. The van der Waals surface area contributed by atoms with E-state index in [0.29, 0.717) is 12.3 Å². The molecule has 0 saturated carbocycles. The van der Waals surface area contributed by atoms with Crippen molar-refractivity contribution in [3.05, 3.63) is 64.1 Å². The molecule has 2 aromatic rings. The normalized spacial score (nSPS) is 19.4. The monoisotopic (exact) mass is 415 g/mol. The van der Waals surface area contributed by atoms with E-state index in [9.17, 15) is 9.59 Å². The molecular formula is C19H18BrN3O3. The van der Waals surface area contributed by atoms with Gasteiger partial charge in [0.15, 0.2) is 0 Å². The predicted octanol–water partition coefficient (Wildman–Crippen LogP) is 2.44. The summed E-state index contributed by atoms with van der Waals surface area (Å²) in [6.45, 7) is 0.441. The lowest BCUT2D eigenvalue weighted by Gasteiger charge is -2.15. The molecule has 134 valence electrons. The molecule has 0 bridgehead atoms. The lowest BCUT2D eigenvalue weighted by molar-refractivity contribution is -0.133. The molecule has 1 heterocycles. The largest absolute Gasteiger partial charge is 0.496 e. The highest BCUT2D eigenvalue weighted by Crippen LogP contribution is 2.29. The van der Waals surface area contributed by atoms with Crippen molar-refractivity contribution in [2.75, 3.05) is 13.7 Å². The van der Waals surface area contributed by atoms with Crippen LogP contribution in [-0.4, -0.2) is 31.7 Å². The molecule has 2 amide bonds. The zero-order valence-electron chi connectivity index (χ0n) is 14.1. The van der Waals surface area contributed by atoms with Gasteiger partial charge >= 0.3 is 0 Å². The summed E-state index contributed by atoms with van der Waals surface area (Å²) in [6, 6.07) is 15.0. The van der Waals surface area contributed by atoms with Crippen LogP contribution in [0.3, 0.4) is 0 Å². The number of carbonyl (C=O) groups is 2. The van der Waals surface area contributed by atoms with Crippen molar-refractivity contribution in [2.45, 2.75) is 5.92 Å². The molecule has 1 fully saturated rings. The predicted molar refractivity (Wildman–Crippen MR) is 102 cm³/mol. The minimum atomic E-state index is -0.794. The highest BCUT2D eigenvalue weighted by molar-refractivity contribution is 9.10. The summed E-state index contributed by atoms with van der Waals surface area (Å²) in [4.78, 5) is 24.6. The number of rotatable bonds is 5. The standard InChI is InChI=1S/C19H18BrN3O3/c1-26-16-8-7-12(9-15(16)20)10-22-23-19(25)17-14(11-21-18(17)24)13-5-3-2-4-6-13/h2-10,14,17H,11H2,1H3,(H,21,24)(H,23,25)/b22-10+/t14-,17-/m0/s1. The van der Waals surface area contributed by atoms with Gasteiger partial charge < -0.3 is 10.1 Å². The first-order chi connectivity index (χ1) is 12.6. The van der Waals surface area contributed by atoms with Gasteiger partial charge in [-0.15, -0.1) is 0 Å². The number of nitrogens with zero attached hydrogens (tertiary/aromatic N) is 1. The van der Waals surface area contributed by atoms with E-state index >= 15 is 0 Å². The maximum Gasteiger partial charge on any atom is 0.253 e. The Morgan fingerprint density at radius 2 is 2.08 bits per heavy atom. The van der Waals surface area contributed by atoms with Crippen LogP contribution in [0.1, 0.15) is 17.0 Å². The van der Waals surface area contributed by atoms with Crippen molar-refractivity contribution in [3.8, 4) is 5.75 Å². The molecular weight excluding hydrogens is 398 g/mol. The number of ether oxygens (including phenoxy) is 1. The Balaban J connectivity index is 1.68. The van der Waals surface area contributed by atoms with Crippen LogP contribution in [0.2, 0.25) is 0 Å². The van der Waals surface area contributed by atoms with Crippen LogP contribution < -0.4 is 15.5 Å². The summed E-state index contributed by atoms with van der Waals surface area (Å²) in [5.74, 6) is -0.984. The zero-order chi connectivity index (χ0) is 18.5. The van der Waals surface area contributed by atoms with Gasteiger partial charge in [-0.25, -0.2) is 5.43 Å². The first-order valence-corrected chi connectivity index (χ1v) is 8.88. The maximum atomic E-state index is 12.5. The topological polar surface area (TPSA) is 79.8 Å². The third-order valence-electron chi connectivity index (χ3n) is 4.26. The number of methoxy groups -OCH3 is 1. The van der Waals surface area contributed by atoms with E-state index in [2.05, 4.69) is 31.8 Å². The van der Waals surface area contributed by atoms with E-state index in [1.54, 1.807) is 13.2 Å². The van der Waals surface area contributed by atoms with Crippen LogP contribution >= 0.6 is 15.9 Å². The number of hydrogen-bond acceptors (Lipinski definition) is 4. The lowest BCUT2D eigenvalue weighted by Crippen LogP contribution is -2.34. The number of hydrogen-bond donors (Lipinski definition) is 2. The second-order valence-corrected chi connectivity index (χ2v) is 6.72. The number of nitrogens with one attached hydrogen (secondary N) is 2. The molecule has 0 spiro atoms. The SMILES string of the molecule is COc1ccc(/C=N/NC(=O)[C@@H]2C(=O)NC[C@H]2c2ccccc2)cc1Br. The van der Waals surface area contributed by atoms with Crippen molar-refractivity contribution in [1.29, 1.82) is 0 Å². The van der Waals surface area contributed by atoms with Crippen molar-refractivity contribution in [1.82, 2.24) is 10.7 Å². The smallest absolute Gasteiger partial charge is 0.253 e. The second-order valence-electron chi connectivity index (χ2n) is 5.87. The quantitative estimate of drug-likeness (QED) is 0.447.